The van der Waals surface area contributed by atoms with E-state index in [1.807, 2.05) is 0 Å². The van der Waals surface area contributed by atoms with Gasteiger partial charge in [0.2, 0.25) is 20.0 Å². The van der Waals surface area contributed by atoms with E-state index in [1.165, 1.54) is 20.2 Å². The van der Waals surface area contributed by atoms with E-state index in [4.69, 9.17) is 5.73 Å². The van der Waals surface area contributed by atoms with Crippen molar-refractivity contribution in [1.82, 2.24) is 9.03 Å². The SMILES string of the molecule is CN(C)S(=O)(=O)CCNS(=O)(=O)c1c(N)cc(Br)cc1Br. The topological polar surface area (TPSA) is 110 Å². The smallest absolute Gasteiger partial charge is 0.243 e. The van der Waals surface area contributed by atoms with E-state index >= 15 is 0 Å². The minimum Gasteiger partial charge on any atom is -0.398 e. The molecule has 0 aromatic heterocycles. The van der Waals surface area contributed by atoms with Crippen molar-refractivity contribution in [2.24, 2.45) is 0 Å². The molecule has 0 aliphatic heterocycles. The molecule has 0 aliphatic rings. The number of sulfonamides is 2. The van der Waals surface area contributed by atoms with Crippen molar-refractivity contribution in [2.45, 2.75) is 4.90 Å². The van der Waals surface area contributed by atoms with E-state index in [0.717, 1.165) is 4.31 Å². The molecule has 1 aromatic carbocycles. The quantitative estimate of drug-likeness (QED) is 0.609. The average Bonchev–Trinajstić information content (AvgIpc) is 2.25. The van der Waals surface area contributed by atoms with Gasteiger partial charge in [-0.15, -0.1) is 0 Å². The summed E-state index contributed by atoms with van der Waals surface area (Å²) in [5.74, 6) is -0.340. The molecular weight excluding hydrogens is 450 g/mol. The van der Waals surface area contributed by atoms with Crippen molar-refractivity contribution in [3.05, 3.63) is 21.1 Å². The van der Waals surface area contributed by atoms with Crippen LogP contribution in [0.3, 0.4) is 0 Å². The molecule has 1 aromatic rings. The number of halogens is 2. The van der Waals surface area contributed by atoms with Crippen LogP contribution in [0.4, 0.5) is 5.69 Å². The Morgan fingerprint density at radius 3 is 2.24 bits per heavy atom. The second-order valence-corrected chi connectivity index (χ2v) is 10.1. The summed E-state index contributed by atoms with van der Waals surface area (Å²) in [4.78, 5) is -0.118. The molecule has 0 heterocycles. The Bertz CT molecular complexity index is 710. The monoisotopic (exact) mass is 463 g/mol. The Morgan fingerprint density at radius 1 is 1.19 bits per heavy atom. The number of anilines is 1. The summed E-state index contributed by atoms with van der Waals surface area (Å²) in [7, 11) is -4.62. The van der Waals surface area contributed by atoms with Crippen LogP contribution in [0.25, 0.3) is 0 Å². The summed E-state index contributed by atoms with van der Waals surface area (Å²) in [5.41, 5.74) is 5.76. The zero-order valence-electron chi connectivity index (χ0n) is 11.3. The van der Waals surface area contributed by atoms with Crippen molar-refractivity contribution in [2.75, 3.05) is 32.1 Å². The highest BCUT2D eigenvalue weighted by Gasteiger charge is 2.22. The van der Waals surface area contributed by atoms with Gasteiger partial charge < -0.3 is 5.73 Å². The van der Waals surface area contributed by atoms with Crippen LogP contribution in [0.15, 0.2) is 26.0 Å². The standard InChI is InChI=1S/C10H15Br2N3O4S2/c1-15(2)20(16,17)4-3-14-21(18,19)10-8(12)5-7(11)6-9(10)13/h5-6,14H,3-4,13H2,1-2H3. The summed E-state index contributed by atoms with van der Waals surface area (Å²) < 4.78 is 51.7. The van der Waals surface area contributed by atoms with Gasteiger partial charge >= 0.3 is 0 Å². The van der Waals surface area contributed by atoms with Gasteiger partial charge in [-0.25, -0.2) is 25.9 Å². The Morgan fingerprint density at radius 2 is 1.76 bits per heavy atom. The van der Waals surface area contributed by atoms with Crippen molar-refractivity contribution in [1.29, 1.82) is 0 Å². The van der Waals surface area contributed by atoms with Crippen LogP contribution >= 0.6 is 31.9 Å². The molecule has 0 aliphatic carbocycles. The number of hydrogen-bond acceptors (Lipinski definition) is 5. The molecule has 0 unspecified atom stereocenters. The summed E-state index contributed by atoms with van der Waals surface area (Å²) in [6.07, 6.45) is 0. The normalized spacial score (nSPS) is 12.8. The largest absolute Gasteiger partial charge is 0.398 e. The molecule has 1 rings (SSSR count). The molecule has 0 spiro atoms. The first kappa shape index (κ1) is 18.8. The molecule has 0 saturated carbocycles. The van der Waals surface area contributed by atoms with Crippen LogP contribution in [0.2, 0.25) is 0 Å². The lowest BCUT2D eigenvalue weighted by atomic mass is 10.3. The Hall–Kier alpha value is -0.200. The van der Waals surface area contributed by atoms with Crippen molar-refractivity contribution in [3.63, 3.8) is 0 Å². The van der Waals surface area contributed by atoms with Gasteiger partial charge in [-0.1, -0.05) is 15.9 Å². The van der Waals surface area contributed by atoms with E-state index in [-0.39, 0.29) is 27.4 Å². The molecule has 0 saturated heterocycles. The van der Waals surface area contributed by atoms with Gasteiger partial charge in [0.05, 0.1) is 11.4 Å². The molecule has 3 N–H and O–H groups in total. The van der Waals surface area contributed by atoms with Crippen LogP contribution in [0, 0.1) is 0 Å². The number of nitrogens with zero attached hydrogens (tertiary/aromatic N) is 1. The van der Waals surface area contributed by atoms with E-state index < -0.39 is 20.0 Å². The number of nitrogens with one attached hydrogen (secondary N) is 1. The first-order valence-corrected chi connectivity index (χ1v) is 10.3. The number of benzene rings is 1. The van der Waals surface area contributed by atoms with Gasteiger partial charge in [0, 0.05) is 29.6 Å². The Balaban J connectivity index is 2.95. The third-order valence-corrected chi connectivity index (χ3v) is 7.27. The van der Waals surface area contributed by atoms with Crippen LogP contribution in [0.1, 0.15) is 0 Å². The fourth-order valence-electron chi connectivity index (χ4n) is 1.42. The first-order valence-electron chi connectivity index (χ1n) is 5.62. The van der Waals surface area contributed by atoms with E-state index in [2.05, 4.69) is 36.6 Å². The lowest BCUT2D eigenvalue weighted by Gasteiger charge is -2.13. The lowest BCUT2D eigenvalue weighted by molar-refractivity contribution is 0.519. The third kappa shape index (κ3) is 4.89. The minimum atomic E-state index is -3.91. The second kappa shape index (κ2) is 6.92. The van der Waals surface area contributed by atoms with Crippen LogP contribution in [-0.4, -0.2) is 47.5 Å². The molecule has 11 heteroatoms. The summed E-state index contributed by atoms with van der Waals surface area (Å²) in [6.45, 7) is -0.245. The van der Waals surface area contributed by atoms with Gasteiger partial charge in [-0.2, -0.15) is 0 Å². The predicted octanol–water partition coefficient (Wildman–Crippen LogP) is 0.964. The Kier molecular flexibility index (Phi) is 6.21. The average molecular weight is 465 g/mol. The Labute approximate surface area is 141 Å². The summed E-state index contributed by atoms with van der Waals surface area (Å²) >= 11 is 6.33. The van der Waals surface area contributed by atoms with Crippen molar-refractivity contribution in [3.8, 4) is 0 Å². The van der Waals surface area contributed by atoms with Gasteiger partial charge in [-0.3, -0.25) is 0 Å². The van der Waals surface area contributed by atoms with Crippen LogP contribution < -0.4 is 10.5 Å². The summed E-state index contributed by atoms with van der Waals surface area (Å²) in [5, 5.41) is 0. The number of nitrogen functional groups attached to an aromatic ring is 1. The molecule has 7 nitrogen and oxygen atoms in total. The lowest BCUT2D eigenvalue weighted by Crippen LogP contribution is -2.34. The third-order valence-electron chi connectivity index (χ3n) is 2.51. The molecular formula is C10H15Br2N3O4S2. The molecule has 0 radical (unpaired) electrons. The van der Waals surface area contributed by atoms with Gasteiger partial charge in [0.1, 0.15) is 4.90 Å². The molecule has 0 fully saturated rings. The maximum atomic E-state index is 12.2. The molecule has 120 valence electrons. The van der Waals surface area contributed by atoms with E-state index in [1.54, 1.807) is 6.07 Å². The van der Waals surface area contributed by atoms with Crippen LogP contribution in [0.5, 0.6) is 0 Å². The molecule has 0 bridgehead atoms. The highest BCUT2D eigenvalue weighted by molar-refractivity contribution is 9.11. The van der Waals surface area contributed by atoms with Crippen molar-refractivity contribution < 1.29 is 16.8 Å². The molecule has 21 heavy (non-hydrogen) atoms. The minimum absolute atomic E-state index is 0.0548. The van der Waals surface area contributed by atoms with Crippen LogP contribution in [-0.2, 0) is 20.0 Å². The maximum absolute atomic E-state index is 12.2. The zero-order chi connectivity index (χ0) is 16.4. The van der Waals surface area contributed by atoms with Gasteiger partial charge in [0.15, 0.2) is 0 Å². The summed E-state index contributed by atoms with van der Waals surface area (Å²) in [6, 6.07) is 3.00. The maximum Gasteiger partial charge on any atom is 0.243 e. The highest BCUT2D eigenvalue weighted by atomic mass is 79.9. The van der Waals surface area contributed by atoms with Gasteiger partial charge in [-0.05, 0) is 28.1 Å². The zero-order valence-corrected chi connectivity index (χ0v) is 16.1. The van der Waals surface area contributed by atoms with Gasteiger partial charge in [0.25, 0.3) is 0 Å². The highest BCUT2D eigenvalue weighted by Crippen LogP contribution is 2.31. The molecule has 0 atom stereocenters. The fraction of sp³-hybridized carbons (Fsp3) is 0.400. The fourth-order valence-corrected chi connectivity index (χ4v) is 5.38. The number of nitrogens with two attached hydrogens (primary N) is 1. The first-order chi connectivity index (χ1) is 9.47. The number of rotatable bonds is 6. The van der Waals surface area contributed by atoms with Crippen molar-refractivity contribution >= 4 is 57.6 Å². The predicted molar refractivity (Wildman–Crippen MR) is 88.9 cm³/mol. The molecule has 0 amide bonds. The second-order valence-electron chi connectivity index (χ2n) is 4.30. The van der Waals surface area contributed by atoms with E-state index in [9.17, 15) is 16.8 Å². The number of hydrogen-bond donors (Lipinski definition) is 2. The van der Waals surface area contributed by atoms with E-state index in [0.29, 0.717) is 4.47 Å².